The van der Waals surface area contributed by atoms with Gasteiger partial charge in [-0.15, -0.1) is 0 Å². The molecule has 0 amide bonds. The van der Waals surface area contributed by atoms with Crippen LogP contribution < -0.4 is 5.32 Å². The standard InChI is InChI=1S/C9H13N5/c10-5-9(8-6-12-7-13-8)14-3-1-11-2-4-14/h6-7,9,11H,1-4H2,(H,12,13). The van der Waals surface area contributed by atoms with Crippen LogP contribution in [0.25, 0.3) is 0 Å². The number of nitrogens with one attached hydrogen (secondary N) is 2. The molecule has 14 heavy (non-hydrogen) atoms. The summed E-state index contributed by atoms with van der Waals surface area (Å²) in [6, 6.07) is 2.12. The van der Waals surface area contributed by atoms with Crippen molar-refractivity contribution in [3.63, 3.8) is 0 Å². The Morgan fingerprint density at radius 2 is 2.29 bits per heavy atom. The Morgan fingerprint density at radius 3 is 2.86 bits per heavy atom. The molecule has 0 aromatic carbocycles. The van der Waals surface area contributed by atoms with Crippen molar-refractivity contribution < 1.29 is 0 Å². The van der Waals surface area contributed by atoms with Gasteiger partial charge in [-0.3, -0.25) is 4.90 Å². The highest BCUT2D eigenvalue weighted by atomic mass is 15.2. The molecule has 1 aromatic rings. The number of hydrogen-bond acceptors (Lipinski definition) is 4. The maximum Gasteiger partial charge on any atom is 0.140 e. The summed E-state index contributed by atoms with van der Waals surface area (Å²) in [6.45, 7) is 3.73. The number of H-pyrrole nitrogens is 1. The van der Waals surface area contributed by atoms with Gasteiger partial charge in [-0.05, 0) is 0 Å². The predicted octanol–water partition coefficient (Wildman–Crippen LogP) is -0.120. The van der Waals surface area contributed by atoms with Crippen molar-refractivity contribution in [1.29, 1.82) is 5.26 Å². The largest absolute Gasteiger partial charge is 0.346 e. The zero-order valence-corrected chi connectivity index (χ0v) is 7.90. The first-order valence-electron chi connectivity index (χ1n) is 4.74. The van der Waals surface area contributed by atoms with Crippen molar-refractivity contribution in [3.8, 4) is 6.07 Å². The third kappa shape index (κ3) is 1.76. The van der Waals surface area contributed by atoms with Crippen LogP contribution in [0.3, 0.4) is 0 Å². The van der Waals surface area contributed by atoms with Gasteiger partial charge in [0, 0.05) is 26.2 Å². The Morgan fingerprint density at radius 1 is 1.50 bits per heavy atom. The predicted molar refractivity (Wildman–Crippen MR) is 51.4 cm³/mol. The minimum atomic E-state index is -0.181. The van der Waals surface area contributed by atoms with E-state index < -0.39 is 0 Å². The molecule has 2 heterocycles. The van der Waals surface area contributed by atoms with Crippen LogP contribution in [-0.2, 0) is 0 Å². The lowest BCUT2D eigenvalue weighted by molar-refractivity contribution is 0.205. The second-order valence-electron chi connectivity index (χ2n) is 3.32. The molecule has 0 aliphatic carbocycles. The SMILES string of the molecule is N#CC(c1cnc[nH]1)N1CCNCC1. The summed E-state index contributed by atoms with van der Waals surface area (Å²) >= 11 is 0. The number of nitriles is 1. The van der Waals surface area contributed by atoms with Gasteiger partial charge in [0.1, 0.15) is 6.04 Å². The van der Waals surface area contributed by atoms with Gasteiger partial charge in [0.2, 0.25) is 0 Å². The van der Waals surface area contributed by atoms with Crippen LogP contribution in [0, 0.1) is 11.3 Å². The zero-order valence-electron chi connectivity index (χ0n) is 7.90. The Kier molecular flexibility index (Phi) is 2.77. The molecule has 0 saturated carbocycles. The van der Waals surface area contributed by atoms with E-state index in [-0.39, 0.29) is 6.04 Å². The number of hydrogen-bond donors (Lipinski definition) is 2. The van der Waals surface area contributed by atoms with Crippen LogP contribution in [-0.4, -0.2) is 41.0 Å². The lowest BCUT2D eigenvalue weighted by atomic mass is 10.2. The van der Waals surface area contributed by atoms with E-state index in [2.05, 4.69) is 26.3 Å². The van der Waals surface area contributed by atoms with Crippen molar-refractivity contribution in [1.82, 2.24) is 20.2 Å². The monoisotopic (exact) mass is 191 g/mol. The molecule has 0 bridgehead atoms. The van der Waals surface area contributed by atoms with Gasteiger partial charge in [-0.1, -0.05) is 0 Å². The van der Waals surface area contributed by atoms with E-state index in [1.807, 2.05) is 0 Å². The van der Waals surface area contributed by atoms with Crippen LogP contribution in [0.15, 0.2) is 12.5 Å². The number of aromatic nitrogens is 2. The van der Waals surface area contributed by atoms with E-state index in [9.17, 15) is 0 Å². The Bertz CT molecular complexity index is 306. The van der Waals surface area contributed by atoms with Gasteiger partial charge in [-0.2, -0.15) is 5.26 Å². The normalized spacial score (nSPS) is 20.2. The molecular formula is C9H13N5. The number of nitrogens with zero attached hydrogens (tertiary/aromatic N) is 3. The fraction of sp³-hybridized carbons (Fsp3) is 0.556. The summed E-state index contributed by atoms with van der Waals surface area (Å²) in [4.78, 5) is 9.08. The zero-order chi connectivity index (χ0) is 9.80. The van der Waals surface area contributed by atoms with Crippen LogP contribution in [0.5, 0.6) is 0 Å². The molecule has 74 valence electrons. The second kappa shape index (κ2) is 4.22. The maximum absolute atomic E-state index is 9.09. The number of piperazine rings is 1. The second-order valence-corrected chi connectivity index (χ2v) is 3.32. The third-order valence-electron chi connectivity index (χ3n) is 2.45. The van der Waals surface area contributed by atoms with Crippen LogP contribution in [0.2, 0.25) is 0 Å². The molecule has 0 spiro atoms. The first-order chi connectivity index (χ1) is 6.92. The summed E-state index contributed by atoms with van der Waals surface area (Å²) in [7, 11) is 0. The lowest BCUT2D eigenvalue weighted by Crippen LogP contribution is -2.44. The van der Waals surface area contributed by atoms with Gasteiger partial charge >= 0.3 is 0 Å². The number of rotatable bonds is 2. The van der Waals surface area contributed by atoms with Crippen LogP contribution in [0.4, 0.5) is 0 Å². The number of aromatic amines is 1. The van der Waals surface area contributed by atoms with Crippen molar-refractivity contribution in [2.45, 2.75) is 6.04 Å². The molecule has 5 nitrogen and oxygen atoms in total. The molecule has 1 unspecified atom stereocenters. The fourth-order valence-electron chi connectivity index (χ4n) is 1.70. The first-order valence-corrected chi connectivity index (χ1v) is 4.74. The number of imidazole rings is 1. The molecular weight excluding hydrogens is 178 g/mol. The van der Waals surface area contributed by atoms with Crippen molar-refractivity contribution in [2.24, 2.45) is 0 Å². The molecule has 2 N–H and O–H groups in total. The van der Waals surface area contributed by atoms with Crippen molar-refractivity contribution >= 4 is 0 Å². The summed E-state index contributed by atoms with van der Waals surface area (Å²) in [6.07, 6.45) is 3.33. The summed E-state index contributed by atoms with van der Waals surface area (Å²) in [5, 5.41) is 12.4. The minimum Gasteiger partial charge on any atom is -0.346 e. The van der Waals surface area contributed by atoms with Crippen LogP contribution >= 0.6 is 0 Å². The molecule has 0 radical (unpaired) electrons. The van der Waals surface area contributed by atoms with E-state index in [0.717, 1.165) is 31.9 Å². The molecule has 5 heteroatoms. The third-order valence-corrected chi connectivity index (χ3v) is 2.45. The van der Waals surface area contributed by atoms with Crippen molar-refractivity contribution in [2.75, 3.05) is 26.2 Å². The van der Waals surface area contributed by atoms with E-state index in [1.165, 1.54) is 0 Å². The minimum absolute atomic E-state index is 0.181. The first kappa shape index (κ1) is 9.19. The van der Waals surface area contributed by atoms with Gasteiger partial charge < -0.3 is 10.3 Å². The molecule has 1 aliphatic rings. The molecule has 1 saturated heterocycles. The van der Waals surface area contributed by atoms with E-state index in [0.29, 0.717) is 0 Å². The smallest absolute Gasteiger partial charge is 0.140 e. The Balaban J connectivity index is 2.09. The molecule has 2 rings (SSSR count). The van der Waals surface area contributed by atoms with E-state index in [1.54, 1.807) is 12.5 Å². The summed E-state index contributed by atoms with van der Waals surface area (Å²) in [5.74, 6) is 0. The highest BCUT2D eigenvalue weighted by Crippen LogP contribution is 2.17. The Labute approximate surface area is 82.7 Å². The van der Waals surface area contributed by atoms with Crippen molar-refractivity contribution in [3.05, 3.63) is 18.2 Å². The maximum atomic E-state index is 9.09. The van der Waals surface area contributed by atoms with Gasteiger partial charge in [0.25, 0.3) is 0 Å². The molecule has 1 fully saturated rings. The highest BCUT2D eigenvalue weighted by molar-refractivity contribution is 5.12. The Hall–Kier alpha value is -1.38. The fourth-order valence-corrected chi connectivity index (χ4v) is 1.70. The highest BCUT2D eigenvalue weighted by Gasteiger charge is 2.22. The van der Waals surface area contributed by atoms with Gasteiger partial charge in [-0.25, -0.2) is 4.98 Å². The average Bonchev–Trinajstić information content (AvgIpc) is 2.74. The van der Waals surface area contributed by atoms with Gasteiger partial charge in [0.05, 0.1) is 24.3 Å². The summed E-state index contributed by atoms with van der Waals surface area (Å²) < 4.78 is 0. The average molecular weight is 191 g/mol. The van der Waals surface area contributed by atoms with E-state index >= 15 is 0 Å². The topological polar surface area (TPSA) is 67.7 Å². The molecule has 1 atom stereocenters. The molecule has 1 aliphatic heterocycles. The van der Waals surface area contributed by atoms with E-state index in [4.69, 9.17) is 5.26 Å². The van der Waals surface area contributed by atoms with Gasteiger partial charge in [0.15, 0.2) is 0 Å². The lowest BCUT2D eigenvalue weighted by Gasteiger charge is -2.30. The summed E-state index contributed by atoms with van der Waals surface area (Å²) in [5.41, 5.74) is 0.884. The quantitative estimate of drug-likeness (QED) is 0.684. The van der Waals surface area contributed by atoms with Crippen LogP contribution in [0.1, 0.15) is 11.7 Å². The molecule has 1 aromatic heterocycles.